The van der Waals surface area contributed by atoms with Crippen LogP contribution in [0.3, 0.4) is 0 Å². The summed E-state index contributed by atoms with van der Waals surface area (Å²) in [5, 5.41) is 2.71. The molecule has 1 aliphatic rings. The maximum atomic E-state index is 11.8. The van der Waals surface area contributed by atoms with E-state index >= 15 is 0 Å². The zero-order chi connectivity index (χ0) is 15.6. The van der Waals surface area contributed by atoms with Crippen LogP contribution in [0.1, 0.15) is 13.3 Å². The quantitative estimate of drug-likeness (QED) is 0.824. The molecule has 0 atom stereocenters. The molecular weight excluding hydrogens is 320 g/mol. The number of nitrogens with zero attached hydrogens (tertiary/aromatic N) is 1. The van der Waals surface area contributed by atoms with E-state index in [9.17, 15) is 4.79 Å². The molecule has 2 rings (SSSR count). The summed E-state index contributed by atoms with van der Waals surface area (Å²) in [6.45, 7) is 7.09. The van der Waals surface area contributed by atoms with E-state index in [1.54, 1.807) is 6.07 Å². The van der Waals surface area contributed by atoms with Crippen LogP contribution in [0.2, 0.25) is 0 Å². The zero-order valence-electron chi connectivity index (χ0n) is 13.5. The standard InChI is InChI=1S/C16H24N2O4.ClH/c1-2-9-21-15-5-3-4-14(13-15)17-16(19)22-12-8-18-6-10-20-11-7-18;/h3-5,13H,2,6-12H2,1H3,(H,17,19);1H. The van der Waals surface area contributed by atoms with Gasteiger partial charge >= 0.3 is 6.09 Å². The van der Waals surface area contributed by atoms with Crippen molar-refractivity contribution in [2.45, 2.75) is 13.3 Å². The van der Waals surface area contributed by atoms with E-state index in [-0.39, 0.29) is 12.4 Å². The van der Waals surface area contributed by atoms with Crippen LogP contribution in [-0.4, -0.2) is 57.1 Å². The fourth-order valence-corrected chi connectivity index (χ4v) is 2.13. The Bertz CT molecular complexity index is 467. The fourth-order valence-electron chi connectivity index (χ4n) is 2.13. The molecule has 0 unspecified atom stereocenters. The molecule has 0 bridgehead atoms. The molecule has 6 nitrogen and oxygen atoms in total. The number of anilines is 1. The van der Waals surface area contributed by atoms with Crippen molar-refractivity contribution >= 4 is 24.2 Å². The number of benzene rings is 1. The lowest BCUT2D eigenvalue weighted by Crippen LogP contribution is -2.38. The summed E-state index contributed by atoms with van der Waals surface area (Å²) in [7, 11) is 0. The van der Waals surface area contributed by atoms with Crippen molar-refractivity contribution in [1.29, 1.82) is 0 Å². The average Bonchev–Trinajstić information content (AvgIpc) is 2.54. The molecule has 1 aromatic carbocycles. The van der Waals surface area contributed by atoms with Crippen molar-refractivity contribution < 1.29 is 19.0 Å². The van der Waals surface area contributed by atoms with Crippen LogP contribution in [0.4, 0.5) is 10.5 Å². The van der Waals surface area contributed by atoms with Gasteiger partial charge in [-0.2, -0.15) is 0 Å². The second-order valence-electron chi connectivity index (χ2n) is 5.09. The van der Waals surface area contributed by atoms with Gasteiger partial charge in [0.15, 0.2) is 0 Å². The number of hydrogen-bond acceptors (Lipinski definition) is 5. The number of amides is 1. The Hall–Kier alpha value is -1.50. The second kappa shape index (κ2) is 11.1. The van der Waals surface area contributed by atoms with Gasteiger partial charge in [-0.05, 0) is 18.6 Å². The molecule has 7 heteroatoms. The van der Waals surface area contributed by atoms with Gasteiger partial charge in [-0.1, -0.05) is 13.0 Å². The van der Waals surface area contributed by atoms with Gasteiger partial charge in [0.1, 0.15) is 12.4 Å². The van der Waals surface area contributed by atoms with Gasteiger partial charge in [0, 0.05) is 31.4 Å². The number of carbonyl (C=O) groups is 1. The Morgan fingerprint density at radius 3 is 2.83 bits per heavy atom. The van der Waals surface area contributed by atoms with E-state index in [1.165, 1.54) is 0 Å². The van der Waals surface area contributed by atoms with E-state index in [1.807, 2.05) is 25.1 Å². The highest BCUT2D eigenvalue weighted by Crippen LogP contribution is 2.17. The zero-order valence-corrected chi connectivity index (χ0v) is 14.3. The van der Waals surface area contributed by atoms with Crippen LogP contribution >= 0.6 is 12.4 Å². The third kappa shape index (κ3) is 7.54. The molecule has 1 N–H and O–H groups in total. The Balaban J connectivity index is 0.00000264. The van der Waals surface area contributed by atoms with Crippen molar-refractivity contribution in [2.24, 2.45) is 0 Å². The van der Waals surface area contributed by atoms with Crippen LogP contribution < -0.4 is 10.1 Å². The summed E-state index contributed by atoms with van der Waals surface area (Å²) < 4.78 is 16.0. The molecule has 1 aliphatic heterocycles. The number of hydrogen-bond donors (Lipinski definition) is 1. The van der Waals surface area contributed by atoms with Gasteiger partial charge in [-0.25, -0.2) is 4.79 Å². The largest absolute Gasteiger partial charge is 0.494 e. The summed E-state index contributed by atoms with van der Waals surface area (Å²) in [4.78, 5) is 14.0. The van der Waals surface area contributed by atoms with E-state index in [0.717, 1.165) is 45.0 Å². The molecule has 1 fully saturated rings. The summed E-state index contributed by atoms with van der Waals surface area (Å²) in [6.07, 6.45) is 0.502. The predicted octanol–water partition coefficient (Wildman–Crippen LogP) is 2.78. The molecule has 130 valence electrons. The normalized spacial score (nSPS) is 14.7. The summed E-state index contributed by atoms with van der Waals surface area (Å²) >= 11 is 0. The highest BCUT2D eigenvalue weighted by atomic mass is 35.5. The smallest absolute Gasteiger partial charge is 0.411 e. The highest BCUT2D eigenvalue weighted by molar-refractivity contribution is 5.85. The van der Waals surface area contributed by atoms with E-state index in [0.29, 0.717) is 18.9 Å². The molecule has 0 radical (unpaired) electrons. The Morgan fingerprint density at radius 2 is 2.09 bits per heavy atom. The Morgan fingerprint density at radius 1 is 1.30 bits per heavy atom. The third-order valence-corrected chi connectivity index (χ3v) is 3.30. The maximum Gasteiger partial charge on any atom is 0.411 e. The Labute approximate surface area is 143 Å². The van der Waals surface area contributed by atoms with Gasteiger partial charge in [0.2, 0.25) is 0 Å². The molecule has 0 spiro atoms. The molecule has 23 heavy (non-hydrogen) atoms. The molecule has 1 amide bonds. The van der Waals surface area contributed by atoms with E-state index in [4.69, 9.17) is 14.2 Å². The summed E-state index contributed by atoms with van der Waals surface area (Å²) in [6, 6.07) is 7.31. The van der Waals surface area contributed by atoms with Crippen LogP contribution in [0.25, 0.3) is 0 Å². The minimum atomic E-state index is -0.444. The van der Waals surface area contributed by atoms with E-state index in [2.05, 4.69) is 10.2 Å². The minimum absolute atomic E-state index is 0. The van der Waals surface area contributed by atoms with Crippen molar-refractivity contribution in [3.63, 3.8) is 0 Å². The van der Waals surface area contributed by atoms with Gasteiger partial charge in [0.05, 0.1) is 19.8 Å². The van der Waals surface area contributed by atoms with Crippen LogP contribution in [0.5, 0.6) is 5.75 Å². The maximum absolute atomic E-state index is 11.8. The van der Waals surface area contributed by atoms with Crippen molar-refractivity contribution in [2.75, 3.05) is 51.4 Å². The average molecular weight is 345 g/mol. The van der Waals surface area contributed by atoms with Gasteiger partial charge in [-0.3, -0.25) is 10.2 Å². The molecule has 1 saturated heterocycles. The Kier molecular flexibility index (Phi) is 9.43. The molecular formula is C16H25ClN2O4. The van der Waals surface area contributed by atoms with Crippen LogP contribution in [0, 0.1) is 0 Å². The number of morpholine rings is 1. The van der Waals surface area contributed by atoms with Gasteiger partial charge in [-0.15, -0.1) is 12.4 Å². The molecule has 0 aromatic heterocycles. The lowest BCUT2D eigenvalue weighted by molar-refractivity contribution is 0.0290. The lowest BCUT2D eigenvalue weighted by Gasteiger charge is -2.26. The summed E-state index contributed by atoms with van der Waals surface area (Å²) in [5.41, 5.74) is 0.671. The first-order chi connectivity index (χ1) is 10.8. The minimum Gasteiger partial charge on any atom is -0.494 e. The van der Waals surface area contributed by atoms with Crippen molar-refractivity contribution in [1.82, 2.24) is 4.90 Å². The van der Waals surface area contributed by atoms with Crippen molar-refractivity contribution in [3.05, 3.63) is 24.3 Å². The van der Waals surface area contributed by atoms with Gasteiger partial charge < -0.3 is 14.2 Å². The number of nitrogens with one attached hydrogen (secondary N) is 1. The first-order valence-electron chi connectivity index (χ1n) is 7.74. The monoisotopic (exact) mass is 344 g/mol. The number of carbonyl (C=O) groups excluding carboxylic acids is 1. The van der Waals surface area contributed by atoms with Crippen LogP contribution in [0.15, 0.2) is 24.3 Å². The molecule has 1 heterocycles. The fraction of sp³-hybridized carbons (Fsp3) is 0.562. The lowest BCUT2D eigenvalue weighted by atomic mass is 10.3. The highest BCUT2D eigenvalue weighted by Gasteiger charge is 2.11. The number of ether oxygens (including phenoxy) is 3. The molecule has 1 aromatic rings. The van der Waals surface area contributed by atoms with Crippen LogP contribution in [-0.2, 0) is 9.47 Å². The van der Waals surface area contributed by atoms with E-state index < -0.39 is 6.09 Å². The topological polar surface area (TPSA) is 60.0 Å². The SMILES string of the molecule is CCCOc1cccc(NC(=O)OCCN2CCOCC2)c1.Cl. The van der Waals surface area contributed by atoms with Crippen molar-refractivity contribution in [3.8, 4) is 5.75 Å². The molecule has 0 aliphatic carbocycles. The first kappa shape index (κ1) is 19.5. The third-order valence-electron chi connectivity index (χ3n) is 3.30. The summed E-state index contributed by atoms with van der Waals surface area (Å²) in [5.74, 6) is 0.743. The second-order valence-corrected chi connectivity index (χ2v) is 5.09. The first-order valence-corrected chi connectivity index (χ1v) is 7.74. The predicted molar refractivity (Wildman–Crippen MR) is 91.7 cm³/mol. The molecule has 0 saturated carbocycles. The van der Waals surface area contributed by atoms with Gasteiger partial charge in [0.25, 0.3) is 0 Å². The number of halogens is 1. The number of rotatable bonds is 7.